The number of nitrogens with one attached hydrogen (secondary N) is 1. The van der Waals surface area contributed by atoms with Crippen LogP contribution < -0.4 is 5.73 Å². The fourth-order valence-corrected chi connectivity index (χ4v) is 2.97. The maximum Gasteiger partial charge on any atom is 0.115 e. The number of aliphatic hydroxyl groups excluding tert-OH is 1. The van der Waals surface area contributed by atoms with Crippen LogP contribution in [0.4, 0.5) is 5.69 Å². The van der Waals surface area contributed by atoms with Gasteiger partial charge >= 0.3 is 0 Å². The van der Waals surface area contributed by atoms with Crippen LogP contribution in [0.1, 0.15) is 5.69 Å². The van der Waals surface area contributed by atoms with Crippen molar-refractivity contribution in [1.29, 1.82) is 0 Å². The molecule has 17 heavy (non-hydrogen) atoms. The highest BCUT2D eigenvalue weighted by Crippen LogP contribution is 2.27. The molecule has 2 heterocycles. The van der Waals surface area contributed by atoms with Crippen LogP contribution in [0.3, 0.4) is 0 Å². The Labute approximate surface area is 103 Å². The number of aliphatic imine (C=N–C) groups is 1. The molecule has 0 aliphatic carbocycles. The molecule has 1 aromatic carbocycles. The van der Waals surface area contributed by atoms with Crippen molar-refractivity contribution in [1.82, 2.24) is 4.98 Å². The lowest BCUT2D eigenvalue weighted by molar-refractivity contribution is 0.277. The number of rotatable bonds is 2. The van der Waals surface area contributed by atoms with Crippen LogP contribution in [-0.2, 0) is 0 Å². The van der Waals surface area contributed by atoms with Gasteiger partial charge in [-0.1, -0.05) is 12.1 Å². The number of para-hydroxylation sites is 1. The molecule has 1 atom stereocenters. The third kappa shape index (κ3) is 1.81. The molecule has 4 nitrogen and oxygen atoms in total. The van der Waals surface area contributed by atoms with Crippen LogP contribution in [0.2, 0.25) is 0 Å². The van der Waals surface area contributed by atoms with E-state index >= 15 is 0 Å². The van der Waals surface area contributed by atoms with Crippen LogP contribution in [0.15, 0.2) is 29.3 Å². The molecular formula is C12H13N3OS. The standard InChI is InChI=1S/C12H13N3OS/c13-9-3-1-2-7-4-10(15-11(7)9)12-14-8(5-16)6-17-12/h1-4,8,15-16H,5-6,13H2. The molecule has 88 valence electrons. The van der Waals surface area contributed by atoms with E-state index in [2.05, 4.69) is 16.0 Å². The third-order valence-corrected chi connectivity index (χ3v) is 3.99. The Morgan fingerprint density at radius 3 is 3.12 bits per heavy atom. The first-order valence-corrected chi connectivity index (χ1v) is 6.45. The first-order valence-electron chi connectivity index (χ1n) is 5.47. The zero-order chi connectivity index (χ0) is 11.8. The first-order chi connectivity index (χ1) is 8.28. The van der Waals surface area contributed by atoms with Gasteiger partial charge in [0.15, 0.2) is 0 Å². The molecule has 0 fully saturated rings. The number of nitrogens with zero attached hydrogens (tertiary/aromatic N) is 1. The lowest BCUT2D eigenvalue weighted by Crippen LogP contribution is -2.08. The molecule has 0 radical (unpaired) electrons. The zero-order valence-corrected chi connectivity index (χ0v) is 10.00. The summed E-state index contributed by atoms with van der Waals surface area (Å²) in [5.74, 6) is 0.844. The number of hydrogen-bond acceptors (Lipinski definition) is 4. The summed E-state index contributed by atoms with van der Waals surface area (Å²) in [5.41, 5.74) is 8.59. The van der Waals surface area contributed by atoms with Crippen molar-refractivity contribution in [3.8, 4) is 0 Å². The van der Waals surface area contributed by atoms with Crippen molar-refractivity contribution in [2.24, 2.45) is 4.99 Å². The van der Waals surface area contributed by atoms with Gasteiger partial charge in [0.05, 0.1) is 29.5 Å². The summed E-state index contributed by atoms with van der Waals surface area (Å²) in [4.78, 5) is 7.75. The SMILES string of the molecule is Nc1cccc2cc(C3=NC(CO)CS3)[nH]c12. The second kappa shape index (κ2) is 4.09. The fourth-order valence-electron chi connectivity index (χ4n) is 1.95. The molecule has 1 aliphatic rings. The van der Waals surface area contributed by atoms with E-state index in [4.69, 9.17) is 10.8 Å². The maximum absolute atomic E-state index is 9.06. The van der Waals surface area contributed by atoms with Crippen LogP contribution in [0.5, 0.6) is 0 Å². The lowest BCUT2D eigenvalue weighted by atomic mass is 10.2. The van der Waals surface area contributed by atoms with E-state index in [1.165, 1.54) is 0 Å². The van der Waals surface area contributed by atoms with E-state index in [1.54, 1.807) is 11.8 Å². The molecule has 3 rings (SSSR count). The molecule has 0 bridgehead atoms. The highest BCUT2D eigenvalue weighted by Gasteiger charge is 2.20. The van der Waals surface area contributed by atoms with E-state index in [0.29, 0.717) is 0 Å². The minimum Gasteiger partial charge on any atom is -0.397 e. The summed E-state index contributed by atoms with van der Waals surface area (Å²) >= 11 is 1.67. The summed E-state index contributed by atoms with van der Waals surface area (Å²) in [5, 5.41) is 11.1. The number of benzene rings is 1. The third-order valence-electron chi connectivity index (χ3n) is 2.84. The minimum absolute atomic E-state index is 0.0266. The van der Waals surface area contributed by atoms with Gasteiger partial charge in [-0.05, 0) is 12.1 Å². The average Bonchev–Trinajstić information content (AvgIpc) is 2.95. The van der Waals surface area contributed by atoms with Gasteiger partial charge in [0, 0.05) is 11.1 Å². The second-order valence-electron chi connectivity index (χ2n) is 4.08. The van der Waals surface area contributed by atoms with E-state index < -0.39 is 0 Å². The van der Waals surface area contributed by atoms with Gasteiger partial charge in [0.25, 0.3) is 0 Å². The number of fused-ring (bicyclic) bond motifs is 1. The molecule has 4 N–H and O–H groups in total. The van der Waals surface area contributed by atoms with Crippen LogP contribution in [-0.4, -0.2) is 33.5 Å². The maximum atomic E-state index is 9.06. The monoisotopic (exact) mass is 247 g/mol. The number of anilines is 1. The molecule has 1 unspecified atom stereocenters. The quantitative estimate of drug-likeness (QED) is 0.706. The van der Waals surface area contributed by atoms with Crippen molar-refractivity contribution >= 4 is 33.4 Å². The van der Waals surface area contributed by atoms with Gasteiger partial charge in [-0.25, -0.2) is 0 Å². The highest BCUT2D eigenvalue weighted by atomic mass is 32.2. The normalized spacial score (nSPS) is 19.8. The van der Waals surface area contributed by atoms with Gasteiger partial charge in [-0.3, -0.25) is 4.99 Å². The van der Waals surface area contributed by atoms with Crippen molar-refractivity contribution in [3.05, 3.63) is 30.0 Å². The van der Waals surface area contributed by atoms with E-state index in [9.17, 15) is 0 Å². The number of nitrogen functional groups attached to an aromatic ring is 1. The summed E-state index contributed by atoms with van der Waals surface area (Å²) < 4.78 is 0. The lowest BCUT2D eigenvalue weighted by Gasteiger charge is -1.95. The molecule has 2 aromatic rings. The topological polar surface area (TPSA) is 74.4 Å². The van der Waals surface area contributed by atoms with Gasteiger partial charge < -0.3 is 15.8 Å². The summed E-state index contributed by atoms with van der Waals surface area (Å²) in [7, 11) is 0. The number of aromatic amines is 1. The summed E-state index contributed by atoms with van der Waals surface area (Å²) in [6.07, 6.45) is 0. The molecule has 5 heteroatoms. The number of aliphatic hydroxyl groups is 1. The Kier molecular flexibility index (Phi) is 2.57. The van der Waals surface area contributed by atoms with Crippen LogP contribution >= 0.6 is 11.8 Å². The fraction of sp³-hybridized carbons (Fsp3) is 0.250. The van der Waals surface area contributed by atoms with Crippen molar-refractivity contribution in [3.63, 3.8) is 0 Å². The highest BCUT2D eigenvalue weighted by molar-refractivity contribution is 8.14. The number of aromatic nitrogens is 1. The summed E-state index contributed by atoms with van der Waals surface area (Å²) in [6.45, 7) is 0.110. The molecule has 0 saturated heterocycles. The Bertz CT molecular complexity index is 590. The number of thioether (sulfide) groups is 1. The Morgan fingerprint density at radius 1 is 1.53 bits per heavy atom. The second-order valence-corrected chi connectivity index (χ2v) is 5.08. The van der Waals surface area contributed by atoms with E-state index in [-0.39, 0.29) is 12.6 Å². The Balaban J connectivity index is 2.05. The first kappa shape index (κ1) is 10.7. The number of H-pyrrole nitrogens is 1. The molecule has 1 aliphatic heterocycles. The molecule has 0 saturated carbocycles. The van der Waals surface area contributed by atoms with Crippen molar-refractivity contribution in [2.45, 2.75) is 6.04 Å². The molecular weight excluding hydrogens is 234 g/mol. The van der Waals surface area contributed by atoms with Crippen molar-refractivity contribution < 1.29 is 5.11 Å². The van der Waals surface area contributed by atoms with Gasteiger partial charge in [0.1, 0.15) is 5.04 Å². The minimum atomic E-state index is 0.0266. The largest absolute Gasteiger partial charge is 0.397 e. The van der Waals surface area contributed by atoms with Crippen LogP contribution in [0.25, 0.3) is 10.9 Å². The Morgan fingerprint density at radius 2 is 2.41 bits per heavy atom. The van der Waals surface area contributed by atoms with Gasteiger partial charge in [0.2, 0.25) is 0 Å². The molecule has 0 amide bonds. The number of hydrogen-bond donors (Lipinski definition) is 3. The summed E-state index contributed by atoms with van der Waals surface area (Å²) in [6, 6.07) is 7.92. The predicted octanol–water partition coefficient (Wildman–Crippen LogP) is 1.60. The van der Waals surface area contributed by atoms with Crippen LogP contribution in [0, 0.1) is 0 Å². The van der Waals surface area contributed by atoms with Gasteiger partial charge in [-0.15, -0.1) is 11.8 Å². The van der Waals surface area contributed by atoms with Crippen molar-refractivity contribution in [2.75, 3.05) is 18.1 Å². The molecule has 1 aromatic heterocycles. The van der Waals surface area contributed by atoms with Gasteiger partial charge in [-0.2, -0.15) is 0 Å². The Hall–Kier alpha value is -1.46. The predicted molar refractivity (Wildman–Crippen MR) is 72.6 cm³/mol. The average molecular weight is 247 g/mol. The smallest absolute Gasteiger partial charge is 0.115 e. The van der Waals surface area contributed by atoms with E-state index in [0.717, 1.165) is 33.1 Å². The number of nitrogens with two attached hydrogens (primary N) is 1. The molecule has 0 spiro atoms. The van der Waals surface area contributed by atoms with E-state index in [1.807, 2.05) is 18.2 Å². The zero-order valence-electron chi connectivity index (χ0n) is 9.18.